The molecule has 0 amide bonds. The maximum absolute atomic E-state index is 14.3. The van der Waals surface area contributed by atoms with Crippen LogP contribution in [0.2, 0.25) is 0 Å². The lowest BCUT2D eigenvalue weighted by molar-refractivity contribution is -0.324. The number of hydrogen-bond acceptors (Lipinski definition) is 14. The van der Waals surface area contributed by atoms with Gasteiger partial charge in [0.1, 0.15) is 30.0 Å². The standard InChI is InChI=1S/C45H67NO12S/c1-12-35(55-31(6)47)28(3)37-29(4)38(56-32(7)48)39(45(58-37,59-13-2)42(49)52-11)46-43(8,9)27-44(50)30(5)41(51-10)57-36(26-53-24-33-20-16-14-17-21-33)40(44)54-25-34-22-18-15-19-23-34/h14-23,28-30,35-41,46,50H,12-13,24-27H2,1-11H3/t28?,29-,30?,35?,36?,37?,38-,39?,40-,41+,44+,45?/m0/s1. The van der Waals surface area contributed by atoms with Crippen molar-refractivity contribution < 1.29 is 57.4 Å². The van der Waals surface area contributed by atoms with Crippen LogP contribution in [0.15, 0.2) is 60.7 Å². The Balaban J connectivity index is 1.77. The van der Waals surface area contributed by atoms with Crippen molar-refractivity contribution in [2.75, 3.05) is 26.6 Å². The van der Waals surface area contributed by atoms with Crippen LogP contribution >= 0.6 is 11.8 Å². The van der Waals surface area contributed by atoms with Crippen LogP contribution in [0.1, 0.15) is 86.3 Å². The Bertz CT molecular complexity index is 1630. The number of methoxy groups -OCH3 is 2. The Morgan fingerprint density at radius 1 is 0.949 bits per heavy atom. The van der Waals surface area contributed by atoms with Crippen molar-refractivity contribution in [3.8, 4) is 0 Å². The summed E-state index contributed by atoms with van der Waals surface area (Å²) in [6.45, 7) is 16.6. The summed E-state index contributed by atoms with van der Waals surface area (Å²) < 4.78 is 49.5. The normalized spacial score (nSPS) is 30.8. The van der Waals surface area contributed by atoms with E-state index in [2.05, 4.69) is 5.32 Å². The zero-order chi connectivity index (χ0) is 43.5. The summed E-state index contributed by atoms with van der Waals surface area (Å²) in [6, 6.07) is 18.5. The highest BCUT2D eigenvalue weighted by Gasteiger charge is 2.63. The molecule has 2 aromatic rings. The van der Waals surface area contributed by atoms with Gasteiger partial charge in [0.15, 0.2) is 6.29 Å². The van der Waals surface area contributed by atoms with Gasteiger partial charge in [0.2, 0.25) is 4.93 Å². The molecule has 4 rings (SSSR count). The lowest BCUT2D eigenvalue weighted by Crippen LogP contribution is -2.74. The molecule has 14 heteroatoms. The summed E-state index contributed by atoms with van der Waals surface area (Å²) in [5.74, 6) is -2.71. The average Bonchev–Trinajstić information content (AvgIpc) is 3.20. The fourth-order valence-electron chi connectivity index (χ4n) is 8.81. The number of esters is 3. The highest BCUT2D eigenvalue weighted by Crippen LogP contribution is 2.48. The molecule has 0 aliphatic carbocycles. The number of thioether (sulfide) groups is 1. The Kier molecular flexibility index (Phi) is 17.8. The van der Waals surface area contributed by atoms with E-state index in [4.69, 9.17) is 37.9 Å². The van der Waals surface area contributed by atoms with Crippen LogP contribution in [0, 0.1) is 17.8 Å². The van der Waals surface area contributed by atoms with E-state index in [9.17, 15) is 19.5 Å². The van der Waals surface area contributed by atoms with E-state index in [1.807, 2.05) is 109 Å². The first-order valence-electron chi connectivity index (χ1n) is 20.7. The molecular formula is C45H67NO12S. The highest BCUT2D eigenvalue weighted by atomic mass is 32.2. The van der Waals surface area contributed by atoms with Crippen molar-refractivity contribution in [2.45, 2.75) is 147 Å². The maximum atomic E-state index is 14.3. The Morgan fingerprint density at radius 2 is 1.56 bits per heavy atom. The second-order valence-electron chi connectivity index (χ2n) is 16.5. The number of ether oxygens (including phenoxy) is 8. The van der Waals surface area contributed by atoms with Gasteiger partial charge in [-0.25, -0.2) is 4.79 Å². The predicted octanol–water partition coefficient (Wildman–Crippen LogP) is 6.22. The lowest BCUT2D eigenvalue weighted by Gasteiger charge is -2.56. The van der Waals surface area contributed by atoms with Gasteiger partial charge in [-0.3, -0.25) is 9.59 Å². The molecule has 2 fully saturated rings. The minimum Gasteiger partial charge on any atom is -0.466 e. The van der Waals surface area contributed by atoms with Crippen molar-refractivity contribution >= 4 is 29.7 Å². The van der Waals surface area contributed by atoms with E-state index < -0.39 is 94.6 Å². The number of rotatable bonds is 20. The van der Waals surface area contributed by atoms with Crippen LogP contribution in [0.3, 0.4) is 0 Å². The molecule has 2 aliphatic heterocycles. The Hall–Kier alpha value is -3.08. The minimum atomic E-state index is -1.73. The van der Waals surface area contributed by atoms with E-state index in [0.717, 1.165) is 11.1 Å². The third kappa shape index (κ3) is 11.9. The zero-order valence-electron chi connectivity index (χ0n) is 36.6. The number of carbonyl (C=O) groups excluding carboxylic acids is 3. The summed E-state index contributed by atoms with van der Waals surface area (Å²) in [4.78, 5) is 37.6. The molecule has 330 valence electrons. The molecule has 2 heterocycles. The topological polar surface area (TPSA) is 157 Å². The summed E-state index contributed by atoms with van der Waals surface area (Å²) in [6.07, 6.45) is -4.05. The lowest BCUT2D eigenvalue weighted by atomic mass is 9.71. The van der Waals surface area contributed by atoms with Gasteiger partial charge in [-0.05, 0) is 43.6 Å². The van der Waals surface area contributed by atoms with Crippen LogP contribution in [0.5, 0.6) is 0 Å². The second-order valence-corrected chi connectivity index (χ2v) is 18.0. The number of nitrogens with one attached hydrogen (secondary N) is 1. The molecule has 12 atom stereocenters. The van der Waals surface area contributed by atoms with E-state index in [1.54, 1.807) is 0 Å². The fourth-order valence-corrected chi connectivity index (χ4v) is 9.99. The molecule has 0 spiro atoms. The number of benzene rings is 2. The highest BCUT2D eigenvalue weighted by molar-refractivity contribution is 8.01. The van der Waals surface area contributed by atoms with Gasteiger partial charge in [0.25, 0.3) is 0 Å². The molecule has 13 nitrogen and oxygen atoms in total. The van der Waals surface area contributed by atoms with Crippen molar-refractivity contribution in [2.24, 2.45) is 17.8 Å². The third-order valence-electron chi connectivity index (χ3n) is 11.5. The number of hydrogen-bond donors (Lipinski definition) is 2. The van der Waals surface area contributed by atoms with Crippen LogP contribution in [-0.2, 0) is 65.5 Å². The van der Waals surface area contributed by atoms with Gasteiger partial charge >= 0.3 is 17.9 Å². The summed E-state index contributed by atoms with van der Waals surface area (Å²) >= 11 is 1.23. The minimum absolute atomic E-state index is 0.0644. The van der Waals surface area contributed by atoms with Gasteiger partial charge < -0.3 is 48.3 Å². The van der Waals surface area contributed by atoms with Gasteiger partial charge in [-0.15, -0.1) is 11.8 Å². The summed E-state index contributed by atoms with van der Waals surface area (Å²) in [7, 11) is 2.83. The molecule has 2 aromatic carbocycles. The Labute approximate surface area is 354 Å². The largest absolute Gasteiger partial charge is 0.466 e. The number of carbonyl (C=O) groups is 3. The van der Waals surface area contributed by atoms with Crippen molar-refractivity contribution in [1.29, 1.82) is 0 Å². The average molecular weight is 846 g/mol. The van der Waals surface area contributed by atoms with E-state index in [0.29, 0.717) is 18.8 Å². The van der Waals surface area contributed by atoms with E-state index in [-0.39, 0.29) is 19.6 Å². The van der Waals surface area contributed by atoms with Crippen molar-refractivity contribution in [3.63, 3.8) is 0 Å². The smallest absolute Gasteiger partial charge is 0.350 e. The van der Waals surface area contributed by atoms with Crippen LogP contribution < -0.4 is 5.32 Å². The molecule has 0 radical (unpaired) electrons. The van der Waals surface area contributed by atoms with Gasteiger partial charge in [-0.1, -0.05) is 95.3 Å². The molecule has 59 heavy (non-hydrogen) atoms. The second kappa shape index (κ2) is 21.6. The van der Waals surface area contributed by atoms with E-state index in [1.165, 1.54) is 39.8 Å². The first kappa shape index (κ1) is 48.6. The summed E-state index contributed by atoms with van der Waals surface area (Å²) in [5.41, 5.74) is -0.715. The predicted molar refractivity (Wildman–Crippen MR) is 224 cm³/mol. The molecule has 2 N–H and O–H groups in total. The molecule has 7 unspecified atom stereocenters. The molecular weight excluding hydrogens is 779 g/mol. The monoisotopic (exact) mass is 845 g/mol. The molecule has 0 saturated carbocycles. The van der Waals surface area contributed by atoms with E-state index >= 15 is 0 Å². The van der Waals surface area contributed by atoms with Crippen molar-refractivity contribution in [3.05, 3.63) is 71.8 Å². The molecule has 2 aliphatic rings. The number of aliphatic hydroxyl groups is 1. The Morgan fingerprint density at radius 3 is 2.08 bits per heavy atom. The van der Waals surface area contributed by atoms with Gasteiger partial charge in [0, 0.05) is 44.2 Å². The first-order chi connectivity index (χ1) is 28.0. The molecule has 2 saturated heterocycles. The molecule has 0 aromatic heterocycles. The third-order valence-corrected chi connectivity index (χ3v) is 12.8. The van der Waals surface area contributed by atoms with Crippen LogP contribution in [-0.4, -0.2) is 109 Å². The van der Waals surface area contributed by atoms with Gasteiger partial charge in [-0.2, -0.15) is 0 Å². The SMILES string of the molecule is CCSC1(C(=O)OC)OC(C(C)C(CC)OC(C)=O)[C@H](C)[C@H](OC(C)=O)C1NC(C)(C)C[C@@]1(O)C(C)[C@H](OC)OC(COCc2ccccc2)[C@@H]1OCc1ccccc1. The van der Waals surface area contributed by atoms with Gasteiger partial charge in [0.05, 0.1) is 39.1 Å². The molecule has 0 bridgehead atoms. The quantitative estimate of drug-likeness (QED) is 0.114. The van der Waals surface area contributed by atoms with Crippen LogP contribution in [0.4, 0.5) is 0 Å². The van der Waals surface area contributed by atoms with Crippen LogP contribution in [0.25, 0.3) is 0 Å². The van der Waals surface area contributed by atoms with Crippen molar-refractivity contribution in [1.82, 2.24) is 5.32 Å². The maximum Gasteiger partial charge on any atom is 0.350 e. The fraction of sp³-hybridized carbons (Fsp3) is 0.667. The first-order valence-corrected chi connectivity index (χ1v) is 21.6. The zero-order valence-corrected chi connectivity index (χ0v) is 37.5. The summed E-state index contributed by atoms with van der Waals surface area (Å²) in [5, 5.41) is 16.9.